The average Bonchev–Trinajstić information content (AvgIpc) is 2.85. The molecule has 22 heavy (non-hydrogen) atoms. The van der Waals surface area contributed by atoms with Gasteiger partial charge in [-0.3, -0.25) is 9.36 Å². The minimum atomic E-state index is -0.293. The van der Waals surface area contributed by atoms with E-state index in [0.29, 0.717) is 18.1 Å². The summed E-state index contributed by atoms with van der Waals surface area (Å²) in [6, 6.07) is 7.71. The Morgan fingerprint density at radius 3 is 2.91 bits per heavy atom. The van der Waals surface area contributed by atoms with Gasteiger partial charge in [-0.05, 0) is 18.1 Å². The number of H-pyrrole nitrogens is 1. The van der Waals surface area contributed by atoms with Crippen LogP contribution in [0.15, 0.2) is 34.2 Å². The second-order valence-electron chi connectivity index (χ2n) is 4.57. The van der Waals surface area contributed by atoms with Crippen molar-refractivity contribution in [3.8, 4) is 5.75 Å². The third kappa shape index (κ3) is 4.14. The van der Waals surface area contributed by atoms with E-state index in [1.807, 2.05) is 24.3 Å². The average molecular weight is 322 g/mol. The van der Waals surface area contributed by atoms with Crippen LogP contribution in [0.25, 0.3) is 0 Å². The minimum absolute atomic E-state index is 0.102. The molecule has 118 valence electrons. The maximum absolute atomic E-state index is 11.8. The number of thioether (sulfide) groups is 1. The Hall–Kier alpha value is -2.22. The molecule has 0 aliphatic carbocycles. The molecule has 0 bridgehead atoms. The summed E-state index contributed by atoms with van der Waals surface area (Å²) >= 11 is 1.21. The van der Waals surface area contributed by atoms with Gasteiger partial charge in [0.2, 0.25) is 5.91 Å². The zero-order chi connectivity index (χ0) is 15.9. The summed E-state index contributed by atoms with van der Waals surface area (Å²) in [6.07, 6.45) is 0.696. The van der Waals surface area contributed by atoms with Crippen LogP contribution in [0.5, 0.6) is 5.75 Å². The first-order chi connectivity index (χ1) is 10.6. The Morgan fingerprint density at radius 2 is 2.23 bits per heavy atom. The van der Waals surface area contributed by atoms with Crippen LogP contribution in [0, 0.1) is 0 Å². The standard InChI is InChI=1S/C14H18N4O3S/c1-18-13(20)16-17-14(18)22-9-12(19)15-8-7-10-5-3-4-6-11(10)21-2/h3-6H,7-9H2,1-2H3,(H,15,19)(H,16,20). The van der Waals surface area contributed by atoms with Gasteiger partial charge in [-0.1, -0.05) is 30.0 Å². The summed E-state index contributed by atoms with van der Waals surface area (Å²) in [6.45, 7) is 0.527. The van der Waals surface area contributed by atoms with E-state index in [2.05, 4.69) is 15.5 Å². The molecule has 0 aliphatic rings. The van der Waals surface area contributed by atoms with Crippen molar-refractivity contribution in [2.24, 2.45) is 7.05 Å². The van der Waals surface area contributed by atoms with Gasteiger partial charge in [-0.15, -0.1) is 5.10 Å². The molecule has 2 rings (SSSR count). The van der Waals surface area contributed by atoms with Crippen LogP contribution in [0.2, 0.25) is 0 Å². The Balaban J connectivity index is 1.76. The van der Waals surface area contributed by atoms with Crippen molar-refractivity contribution in [3.63, 3.8) is 0 Å². The number of para-hydroxylation sites is 1. The number of nitrogens with one attached hydrogen (secondary N) is 2. The highest BCUT2D eigenvalue weighted by Gasteiger charge is 2.08. The molecule has 0 spiro atoms. The molecule has 7 nitrogen and oxygen atoms in total. The van der Waals surface area contributed by atoms with E-state index >= 15 is 0 Å². The molecule has 1 aromatic carbocycles. The minimum Gasteiger partial charge on any atom is -0.496 e. The Labute approximate surface area is 132 Å². The summed E-state index contributed by atoms with van der Waals surface area (Å²) in [7, 11) is 3.23. The van der Waals surface area contributed by atoms with Crippen molar-refractivity contribution < 1.29 is 9.53 Å². The normalized spacial score (nSPS) is 10.5. The SMILES string of the molecule is COc1ccccc1CCNC(=O)CSc1n[nH]c(=O)n1C. The molecule has 1 aromatic heterocycles. The fraction of sp³-hybridized carbons (Fsp3) is 0.357. The predicted molar refractivity (Wildman–Crippen MR) is 84.3 cm³/mol. The van der Waals surface area contributed by atoms with E-state index in [4.69, 9.17) is 4.74 Å². The summed E-state index contributed by atoms with van der Waals surface area (Å²) in [5, 5.41) is 9.49. The number of hydrogen-bond acceptors (Lipinski definition) is 5. The van der Waals surface area contributed by atoms with Crippen molar-refractivity contribution >= 4 is 17.7 Å². The van der Waals surface area contributed by atoms with Gasteiger partial charge >= 0.3 is 5.69 Å². The molecule has 0 saturated heterocycles. The first kappa shape index (κ1) is 16.2. The highest BCUT2D eigenvalue weighted by atomic mass is 32.2. The molecule has 2 aromatic rings. The molecule has 0 atom stereocenters. The van der Waals surface area contributed by atoms with Gasteiger partial charge in [-0.25, -0.2) is 9.89 Å². The zero-order valence-corrected chi connectivity index (χ0v) is 13.3. The van der Waals surface area contributed by atoms with Crippen LogP contribution < -0.4 is 15.7 Å². The van der Waals surface area contributed by atoms with Crippen LogP contribution in [-0.2, 0) is 18.3 Å². The lowest BCUT2D eigenvalue weighted by Crippen LogP contribution is -2.27. The van der Waals surface area contributed by atoms with Crippen LogP contribution in [0.4, 0.5) is 0 Å². The van der Waals surface area contributed by atoms with E-state index in [1.165, 1.54) is 16.3 Å². The van der Waals surface area contributed by atoms with Crippen LogP contribution >= 0.6 is 11.8 Å². The summed E-state index contributed by atoms with van der Waals surface area (Å²) < 4.78 is 6.63. The van der Waals surface area contributed by atoms with Gasteiger partial charge < -0.3 is 10.1 Å². The number of carbonyl (C=O) groups excluding carboxylic acids is 1. The lowest BCUT2D eigenvalue weighted by Gasteiger charge is -2.08. The number of rotatable bonds is 7. The van der Waals surface area contributed by atoms with Crippen LogP contribution in [0.3, 0.4) is 0 Å². The Bertz CT molecular complexity index is 695. The maximum atomic E-state index is 11.8. The van der Waals surface area contributed by atoms with Crippen molar-refractivity contribution in [1.82, 2.24) is 20.1 Å². The van der Waals surface area contributed by atoms with Gasteiger partial charge in [0.1, 0.15) is 5.75 Å². The number of amides is 1. The molecule has 0 unspecified atom stereocenters. The Kier molecular flexibility index (Phi) is 5.65. The third-order valence-electron chi connectivity index (χ3n) is 3.08. The van der Waals surface area contributed by atoms with E-state index < -0.39 is 0 Å². The maximum Gasteiger partial charge on any atom is 0.343 e. The first-order valence-corrected chi connectivity index (χ1v) is 7.73. The number of hydrogen-bond donors (Lipinski definition) is 2. The van der Waals surface area contributed by atoms with Gasteiger partial charge in [0.15, 0.2) is 5.16 Å². The van der Waals surface area contributed by atoms with Gasteiger partial charge in [0.05, 0.1) is 12.9 Å². The van der Waals surface area contributed by atoms with Gasteiger partial charge in [0.25, 0.3) is 0 Å². The highest BCUT2D eigenvalue weighted by Crippen LogP contribution is 2.17. The van der Waals surface area contributed by atoms with E-state index in [9.17, 15) is 9.59 Å². The summed E-state index contributed by atoms with van der Waals surface area (Å²) in [4.78, 5) is 23.0. The lowest BCUT2D eigenvalue weighted by atomic mass is 10.1. The number of carbonyl (C=O) groups is 1. The molecule has 8 heteroatoms. The number of nitrogens with zero attached hydrogens (tertiary/aromatic N) is 2. The number of benzene rings is 1. The lowest BCUT2D eigenvalue weighted by molar-refractivity contribution is -0.118. The van der Waals surface area contributed by atoms with E-state index in [1.54, 1.807) is 14.2 Å². The third-order valence-corrected chi connectivity index (χ3v) is 4.11. The smallest absolute Gasteiger partial charge is 0.343 e. The van der Waals surface area contributed by atoms with Crippen LogP contribution in [-0.4, -0.2) is 40.1 Å². The first-order valence-electron chi connectivity index (χ1n) is 6.74. The molecule has 0 fully saturated rings. The molecular formula is C14H18N4O3S. The Morgan fingerprint density at radius 1 is 1.45 bits per heavy atom. The second kappa shape index (κ2) is 7.69. The molecule has 0 radical (unpaired) electrons. The number of aromatic nitrogens is 3. The van der Waals surface area contributed by atoms with Gasteiger partial charge in [0, 0.05) is 13.6 Å². The van der Waals surface area contributed by atoms with Crippen LogP contribution in [0.1, 0.15) is 5.56 Å². The second-order valence-corrected chi connectivity index (χ2v) is 5.51. The fourth-order valence-electron chi connectivity index (χ4n) is 1.89. The van der Waals surface area contributed by atoms with Crippen molar-refractivity contribution in [1.29, 1.82) is 0 Å². The largest absolute Gasteiger partial charge is 0.496 e. The van der Waals surface area contributed by atoms with Crippen molar-refractivity contribution in [2.45, 2.75) is 11.6 Å². The monoisotopic (exact) mass is 322 g/mol. The van der Waals surface area contributed by atoms with Gasteiger partial charge in [-0.2, -0.15) is 0 Å². The predicted octanol–water partition coefficient (Wildman–Crippen LogP) is 0.568. The summed E-state index contributed by atoms with van der Waals surface area (Å²) in [5.74, 6) is 0.928. The number of aromatic amines is 1. The van der Waals surface area contributed by atoms with E-state index in [-0.39, 0.29) is 17.3 Å². The quantitative estimate of drug-likeness (QED) is 0.728. The number of methoxy groups -OCH3 is 1. The molecule has 0 aliphatic heterocycles. The topological polar surface area (TPSA) is 89.0 Å². The number of ether oxygens (including phenoxy) is 1. The molecule has 0 saturated carbocycles. The van der Waals surface area contributed by atoms with Crippen molar-refractivity contribution in [3.05, 3.63) is 40.3 Å². The zero-order valence-electron chi connectivity index (χ0n) is 12.5. The fourth-order valence-corrected chi connectivity index (χ4v) is 2.64. The molecule has 1 heterocycles. The molecule has 2 N–H and O–H groups in total. The molecule has 1 amide bonds. The summed E-state index contributed by atoms with van der Waals surface area (Å²) in [5.41, 5.74) is 0.756. The van der Waals surface area contributed by atoms with E-state index in [0.717, 1.165) is 11.3 Å². The van der Waals surface area contributed by atoms with Crippen molar-refractivity contribution in [2.75, 3.05) is 19.4 Å². The highest BCUT2D eigenvalue weighted by molar-refractivity contribution is 7.99. The molecular weight excluding hydrogens is 304 g/mol.